The van der Waals surface area contributed by atoms with Gasteiger partial charge in [0.05, 0.1) is 24.0 Å². The molecule has 0 bridgehead atoms. The normalized spacial score (nSPS) is 15.4. The Morgan fingerprint density at radius 1 is 0.844 bits per heavy atom. The summed E-state index contributed by atoms with van der Waals surface area (Å²) in [4.78, 5) is 2.06. The van der Waals surface area contributed by atoms with Gasteiger partial charge in [-0.1, -0.05) is 90.8 Å². The molecule has 6 rings (SSSR count). The molecule has 0 fully saturated rings. The molecule has 0 aliphatic carbocycles. The largest absolute Gasteiger partial charge is 0.439 e. The fourth-order valence-electron chi connectivity index (χ4n) is 5.57. The summed E-state index contributed by atoms with van der Waals surface area (Å²) in [6.07, 6.45) is 4.47. The fraction of sp³-hybridized carbons (Fsp3) is 0.216. The molecular weight excluding hydrogens is 607 g/mol. The van der Waals surface area contributed by atoms with Crippen molar-refractivity contribution in [1.29, 1.82) is 0 Å². The Morgan fingerprint density at radius 2 is 1.49 bits per heavy atom. The molecule has 230 valence electrons. The van der Waals surface area contributed by atoms with Crippen LogP contribution in [0.3, 0.4) is 0 Å². The number of aliphatic hydroxyl groups excluding tert-OH is 2. The van der Waals surface area contributed by atoms with Gasteiger partial charge in [0, 0.05) is 35.2 Å². The van der Waals surface area contributed by atoms with Crippen LogP contribution in [-0.4, -0.2) is 16.8 Å². The van der Waals surface area contributed by atoms with Crippen molar-refractivity contribution in [3.63, 3.8) is 0 Å². The van der Waals surface area contributed by atoms with Crippen molar-refractivity contribution in [2.24, 2.45) is 0 Å². The van der Waals surface area contributed by atoms with Crippen molar-refractivity contribution in [3.8, 4) is 5.75 Å². The number of ether oxygens (including phenoxy) is 1. The average Bonchev–Trinajstić information content (AvgIpc) is 3.58. The molecular formula is C37H35Cl2N2O4+. The van der Waals surface area contributed by atoms with Crippen LogP contribution < -0.4 is 14.2 Å². The quantitative estimate of drug-likeness (QED) is 0.141. The predicted octanol–water partition coefficient (Wildman–Crippen LogP) is 8.81. The zero-order valence-electron chi connectivity index (χ0n) is 24.9. The highest BCUT2D eigenvalue weighted by molar-refractivity contribution is 6.31. The third kappa shape index (κ3) is 7.10. The number of aliphatic hydroxyl groups is 2. The third-order valence-corrected chi connectivity index (χ3v) is 8.50. The fourth-order valence-corrected chi connectivity index (χ4v) is 5.91. The smallest absolute Gasteiger partial charge is 0.374 e. The first kappa shape index (κ1) is 30.9. The van der Waals surface area contributed by atoms with E-state index in [2.05, 4.69) is 16.4 Å². The third-order valence-electron chi connectivity index (χ3n) is 8.03. The van der Waals surface area contributed by atoms with Crippen molar-refractivity contribution in [2.45, 2.75) is 44.9 Å². The molecule has 2 unspecified atom stereocenters. The standard InChI is InChI=1S/C37H35Cl2N2O4/c1-2-25(21-36-40(30-23-28(38)13-15-34(30)44-36)19-17-32(42)26-9-5-3-6-10-26)22-37-41(31-24-29(39)14-16-35(31)45-37)20-18-33(43)27-11-7-4-8-12-27/h3-16,21-24,32-33,42-43H,2,17-20H2,1H3/q+1. The Morgan fingerprint density at radius 3 is 2.18 bits per heavy atom. The van der Waals surface area contributed by atoms with Gasteiger partial charge < -0.3 is 24.3 Å². The lowest BCUT2D eigenvalue weighted by molar-refractivity contribution is -0.679. The van der Waals surface area contributed by atoms with Crippen molar-refractivity contribution >= 4 is 46.1 Å². The van der Waals surface area contributed by atoms with Gasteiger partial charge in [-0.2, -0.15) is 4.57 Å². The van der Waals surface area contributed by atoms with Gasteiger partial charge in [0.1, 0.15) is 0 Å². The number of allylic oxidation sites excluding steroid dienone is 2. The van der Waals surface area contributed by atoms with Crippen LogP contribution in [0.15, 0.2) is 119 Å². The van der Waals surface area contributed by atoms with Gasteiger partial charge in [0.15, 0.2) is 12.3 Å². The van der Waals surface area contributed by atoms with E-state index < -0.39 is 12.2 Å². The molecule has 6 nitrogen and oxygen atoms in total. The van der Waals surface area contributed by atoms with E-state index in [0.29, 0.717) is 65.5 Å². The van der Waals surface area contributed by atoms with Crippen LogP contribution in [0.25, 0.3) is 17.2 Å². The van der Waals surface area contributed by atoms with Gasteiger partial charge >= 0.3 is 5.89 Å². The minimum Gasteiger partial charge on any atom is -0.439 e. The summed E-state index contributed by atoms with van der Waals surface area (Å²) in [5, 5.41) is 23.0. The number of benzene rings is 4. The van der Waals surface area contributed by atoms with Crippen LogP contribution in [0, 0.1) is 0 Å². The van der Waals surface area contributed by atoms with E-state index in [1.165, 1.54) is 0 Å². The Kier molecular flexibility index (Phi) is 9.57. The maximum absolute atomic E-state index is 10.9. The molecule has 1 aliphatic heterocycles. The van der Waals surface area contributed by atoms with Gasteiger partial charge in [0.2, 0.25) is 11.5 Å². The highest BCUT2D eigenvalue weighted by Crippen LogP contribution is 2.41. The topological polar surface area (TPSA) is 70.0 Å². The summed E-state index contributed by atoms with van der Waals surface area (Å²) < 4.78 is 14.7. The van der Waals surface area contributed by atoms with Crippen LogP contribution in [0.4, 0.5) is 5.69 Å². The minimum atomic E-state index is -0.621. The summed E-state index contributed by atoms with van der Waals surface area (Å²) in [7, 11) is 0. The van der Waals surface area contributed by atoms with Gasteiger partial charge in [-0.05, 0) is 59.9 Å². The SMILES string of the molecule is CCC(=Cc1oc2ccc(Cl)cc2[n+]1CCC(O)c1ccccc1)C=C1Oc2ccc(Cl)cc2N1CCC(O)c1ccccc1. The van der Waals surface area contributed by atoms with E-state index in [0.717, 1.165) is 27.9 Å². The Balaban J connectivity index is 1.31. The van der Waals surface area contributed by atoms with Crippen LogP contribution in [0.1, 0.15) is 55.4 Å². The Labute approximate surface area is 273 Å². The number of anilines is 1. The zero-order valence-corrected chi connectivity index (χ0v) is 26.5. The molecule has 1 aliphatic rings. The van der Waals surface area contributed by atoms with Crippen LogP contribution in [0.5, 0.6) is 5.75 Å². The first-order chi connectivity index (χ1) is 21.9. The summed E-state index contributed by atoms with van der Waals surface area (Å²) in [6, 6.07) is 30.4. The second kappa shape index (κ2) is 13.9. The summed E-state index contributed by atoms with van der Waals surface area (Å²) in [5.41, 5.74) is 5.13. The van der Waals surface area contributed by atoms with E-state index >= 15 is 0 Å². The Bertz CT molecular complexity index is 1840. The molecule has 0 saturated heterocycles. The number of hydrogen-bond donors (Lipinski definition) is 2. The molecule has 0 amide bonds. The first-order valence-corrected chi connectivity index (χ1v) is 15.9. The summed E-state index contributed by atoms with van der Waals surface area (Å²) in [6.45, 7) is 3.12. The lowest BCUT2D eigenvalue weighted by atomic mass is 10.1. The summed E-state index contributed by atoms with van der Waals surface area (Å²) >= 11 is 12.8. The van der Waals surface area contributed by atoms with Crippen molar-refractivity contribution in [1.82, 2.24) is 0 Å². The van der Waals surface area contributed by atoms with Gasteiger partial charge in [-0.15, -0.1) is 0 Å². The van der Waals surface area contributed by atoms with E-state index in [1.54, 1.807) is 0 Å². The molecule has 4 aromatic carbocycles. The molecule has 2 heterocycles. The molecule has 45 heavy (non-hydrogen) atoms. The van der Waals surface area contributed by atoms with Crippen molar-refractivity contribution in [3.05, 3.63) is 142 Å². The van der Waals surface area contributed by atoms with Crippen molar-refractivity contribution in [2.75, 3.05) is 11.4 Å². The van der Waals surface area contributed by atoms with Gasteiger partial charge in [-0.25, -0.2) is 0 Å². The van der Waals surface area contributed by atoms with E-state index in [9.17, 15) is 10.2 Å². The van der Waals surface area contributed by atoms with E-state index in [4.69, 9.17) is 32.4 Å². The molecule has 0 saturated carbocycles. The predicted molar refractivity (Wildman–Crippen MR) is 179 cm³/mol. The summed E-state index contributed by atoms with van der Waals surface area (Å²) in [5.74, 6) is 2.00. The highest BCUT2D eigenvalue weighted by Gasteiger charge is 2.28. The number of aryl methyl sites for hydroxylation is 1. The highest BCUT2D eigenvalue weighted by atomic mass is 35.5. The number of oxazole rings is 1. The second-order valence-electron chi connectivity index (χ2n) is 11.1. The molecule has 8 heteroatoms. The lowest BCUT2D eigenvalue weighted by Crippen LogP contribution is -2.36. The second-order valence-corrected chi connectivity index (χ2v) is 11.9. The van der Waals surface area contributed by atoms with Crippen LogP contribution in [-0.2, 0) is 6.54 Å². The molecule has 2 atom stereocenters. The van der Waals surface area contributed by atoms with E-state index in [-0.39, 0.29) is 0 Å². The van der Waals surface area contributed by atoms with E-state index in [1.807, 2.05) is 109 Å². The molecule has 0 radical (unpaired) electrons. The van der Waals surface area contributed by atoms with Gasteiger partial charge in [-0.3, -0.25) is 0 Å². The number of nitrogens with zero attached hydrogens (tertiary/aromatic N) is 2. The molecule has 0 spiro atoms. The average molecular weight is 643 g/mol. The van der Waals surface area contributed by atoms with Crippen molar-refractivity contribution < 1.29 is 23.9 Å². The number of hydrogen-bond acceptors (Lipinski definition) is 5. The number of fused-ring (bicyclic) bond motifs is 2. The lowest BCUT2D eigenvalue weighted by Gasteiger charge is -2.21. The molecule has 1 aromatic heterocycles. The number of aromatic nitrogens is 1. The van der Waals surface area contributed by atoms with Gasteiger partial charge in [0.25, 0.3) is 5.52 Å². The van der Waals surface area contributed by atoms with Crippen LogP contribution >= 0.6 is 23.2 Å². The maximum Gasteiger partial charge on any atom is 0.374 e. The van der Waals surface area contributed by atoms with Crippen LogP contribution in [0.2, 0.25) is 10.0 Å². The molecule has 2 N–H and O–H groups in total. The minimum absolute atomic E-state index is 0.496. The zero-order chi connectivity index (χ0) is 31.3. The Hall–Kier alpha value is -4.07. The maximum atomic E-state index is 10.9. The number of halogens is 2. The number of rotatable bonds is 11. The first-order valence-electron chi connectivity index (χ1n) is 15.1. The monoisotopic (exact) mass is 641 g/mol. The molecule has 5 aromatic rings.